The van der Waals surface area contributed by atoms with Crippen molar-refractivity contribution < 1.29 is 4.79 Å². The van der Waals surface area contributed by atoms with Gasteiger partial charge in [0.15, 0.2) is 0 Å². The predicted molar refractivity (Wildman–Crippen MR) is 87.6 cm³/mol. The molecule has 8 heteroatoms. The van der Waals surface area contributed by atoms with Crippen LogP contribution in [0.15, 0.2) is 33.8 Å². The Bertz CT molecular complexity index is 689. The summed E-state index contributed by atoms with van der Waals surface area (Å²) in [5, 5.41) is 3.19. The summed E-state index contributed by atoms with van der Waals surface area (Å²) in [6.07, 6.45) is 1.69. The molecule has 2 rings (SSSR count). The molecular weight excluding hydrogens is 360 g/mol. The summed E-state index contributed by atoms with van der Waals surface area (Å²) >= 11 is 3.33. The van der Waals surface area contributed by atoms with Crippen LogP contribution in [0.2, 0.25) is 0 Å². The van der Waals surface area contributed by atoms with E-state index >= 15 is 0 Å². The molecule has 0 aliphatic rings. The van der Waals surface area contributed by atoms with Gasteiger partial charge in [0, 0.05) is 30.5 Å². The maximum Gasteiger partial charge on any atom is 0.261 e. The first-order valence-electron chi connectivity index (χ1n) is 6.23. The van der Waals surface area contributed by atoms with Crippen LogP contribution in [-0.2, 0) is 11.3 Å². The van der Waals surface area contributed by atoms with E-state index in [1.165, 1.54) is 10.9 Å². The molecule has 1 heterocycles. The third kappa shape index (κ3) is 4.52. The Balaban J connectivity index is 0.00000220. The van der Waals surface area contributed by atoms with Crippen molar-refractivity contribution in [3.63, 3.8) is 0 Å². The molecule has 0 aliphatic carbocycles. The monoisotopic (exact) mass is 374 g/mol. The number of hydrogen-bond acceptors (Lipinski definition) is 4. The first kappa shape index (κ1) is 17.6. The standard InChI is InChI=1S/C13H15BrN4O2.ClH/c14-9-1-2-11-10(7-9)13(20)18(8-17-11)6-3-12(19)16-5-4-15;/h1-2,7-8H,3-6,15H2,(H,16,19);1H. The zero-order chi connectivity index (χ0) is 14.5. The van der Waals surface area contributed by atoms with Crippen molar-refractivity contribution in [3.05, 3.63) is 39.4 Å². The smallest absolute Gasteiger partial charge is 0.261 e. The Morgan fingerprint density at radius 2 is 2.19 bits per heavy atom. The molecule has 0 saturated carbocycles. The average Bonchev–Trinajstić information content (AvgIpc) is 2.45. The third-order valence-corrected chi connectivity index (χ3v) is 3.33. The van der Waals surface area contributed by atoms with Gasteiger partial charge in [0.2, 0.25) is 5.91 Å². The van der Waals surface area contributed by atoms with E-state index < -0.39 is 0 Å². The van der Waals surface area contributed by atoms with Gasteiger partial charge in [-0.3, -0.25) is 14.2 Å². The minimum Gasteiger partial charge on any atom is -0.355 e. The molecule has 0 radical (unpaired) electrons. The Hall–Kier alpha value is -1.44. The maximum atomic E-state index is 12.3. The van der Waals surface area contributed by atoms with Gasteiger partial charge < -0.3 is 11.1 Å². The summed E-state index contributed by atoms with van der Waals surface area (Å²) in [5.74, 6) is -0.128. The van der Waals surface area contributed by atoms with E-state index in [0.717, 1.165) is 4.47 Å². The highest BCUT2D eigenvalue weighted by molar-refractivity contribution is 9.10. The van der Waals surface area contributed by atoms with Gasteiger partial charge in [-0.1, -0.05) is 15.9 Å². The Morgan fingerprint density at radius 1 is 1.43 bits per heavy atom. The first-order valence-corrected chi connectivity index (χ1v) is 7.02. The molecule has 0 unspecified atom stereocenters. The molecule has 0 spiro atoms. The van der Waals surface area contributed by atoms with Crippen LogP contribution < -0.4 is 16.6 Å². The number of amides is 1. The van der Waals surface area contributed by atoms with Crippen LogP contribution >= 0.6 is 28.3 Å². The quantitative estimate of drug-likeness (QED) is 0.817. The highest BCUT2D eigenvalue weighted by Crippen LogP contribution is 2.14. The van der Waals surface area contributed by atoms with Crippen LogP contribution in [0.3, 0.4) is 0 Å². The molecule has 0 saturated heterocycles. The van der Waals surface area contributed by atoms with Gasteiger partial charge in [0.05, 0.1) is 17.2 Å². The number of halogens is 2. The van der Waals surface area contributed by atoms with Crippen molar-refractivity contribution in [3.8, 4) is 0 Å². The number of carbonyl (C=O) groups excluding carboxylic acids is 1. The molecule has 0 aliphatic heterocycles. The van der Waals surface area contributed by atoms with Crippen LogP contribution in [-0.4, -0.2) is 28.5 Å². The lowest BCUT2D eigenvalue weighted by atomic mass is 10.2. The fourth-order valence-corrected chi connectivity index (χ4v) is 2.17. The number of fused-ring (bicyclic) bond motifs is 1. The van der Waals surface area contributed by atoms with Crippen LogP contribution in [0.5, 0.6) is 0 Å². The fourth-order valence-electron chi connectivity index (χ4n) is 1.81. The van der Waals surface area contributed by atoms with E-state index in [0.29, 0.717) is 30.5 Å². The van der Waals surface area contributed by atoms with E-state index in [1.807, 2.05) is 6.07 Å². The van der Waals surface area contributed by atoms with Gasteiger partial charge in [-0.25, -0.2) is 4.98 Å². The zero-order valence-electron chi connectivity index (χ0n) is 11.2. The highest BCUT2D eigenvalue weighted by Gasteiger charge is 2.06. The van der Waals surface area contributed by atoms with Gasteiger partial charge in [-0.15, -0.1) is 12.4 Å². The van der Waals surface area contributed by atoms with Crippen LogP contribution in [0.25, 0.3) is 10.9 Å². The second-order valence-corrected chi connectivity index (χ2v) is 5.21. The number of aryl methyl sites for hydroxylation is 1. The van der Waals surface area contributed by atoms with E-state index in [2.05, 4.69) is 26.2 Å². The molecule has 1 amide bonds. The summed E-state index contributed by atoms with van der Waals surface area (Å²) in [6.45, 7) is 1.14. The largest absolute Gasteiger partial charge is 0.355 e. The van der Waals surface area contributed by atoms with Crippen molar-refractivity contribution in [2.45, 2.75) is 13.0 Å². The summed E-state index contributed by atoms with van der Waals surface area (Å²) in [6, 6.07) is 5.34. The van der Waals surface area contributed by atoms with E-state index in [1.54, 1.807) is 12.1 Å². The van der Waals surface area contributed by atoms with E-state index in [4.69, 9.17) is 5.73 Å². The maximum absolute atomic E-state index is 12.3. The van der Waals surface area contributed by atoms with Crippen molar-refractivity contribution in [2.75, 3.05) is 13.1 Å². The number of hydrogen-bond donors (Lipinski definition) is 2. The number of nitrogens with one attached hydrogen (secondary N) is 1. The molecule has 0 fully saturated rings. The minimum absolute atomic E-state index is 0. The van der Waals surface area contributed by atoms with Gasteiger partial charge in [-0.05, 0) is 18.2 Å². The molecule has 114 valence electrons. The van der Waals surface area contributed by atoms with Crippen molar-refractivity contribution in [2.24, 2.45) is 5.73 Å². The van der Waals surface area contributed by atoms with E-state index in [-0.39, 0.29) is 30.3 Å². The minimum atomic E-state index is -0.150. The van der Waals surface area contributed by atoms with Crippen LogP contribution in [0.1, 0.15) is 6.42 Å². The number of rotatable bonds is 5. The number of nitrogens with two attached hydrogens (primary N) is 1. The topological polar surface area (TPSA) is 90.0 Å². The molecule has 6 nitrogen and oxygen atoms in total. The highest BCUT2D eigenvalue weighted by atomic mass is 79.9. The summed E-state index contributed by atoms with van der Waals surface area (Å²) in [5.41, 5.74) is 5.79. The molecule has 3 N–H and O–H groups in total. The van der Waals surface area contributed by atoms with Crippen molar-refractivity contribution in [1.29, 1.82) is 0 Å². The van der Waals surface area contributed by atoms with Gasteiger partial charge in [-0.2, -0.15) is 0 Å². The van der Waals surface area contributed by atoms with Crippen LogP contribution in [0, 0.1) is 0 Å². The SMILES string of the molecule is Cl.NCCNC(=O)CCn1cnc2ccc(Br)cc2c1=O. The normalized spacial score (nSPS) is 10.2. The van der Waals surface area contributed by atoms with Gasteiger partial charge >= 0.3 is 0 Å². The summed E-state index contributed by atoms with van der Waals surface area (Å²) in [4.78, 5) is 28.0. The zero-order valence-corrected chi connectivity index (χ0v) is 13.6. The second kappa shape index (κ2) is 8.11. The molecule has 0 bridgehead atoms. The summed E-state index contributed by atoms with van der Waals surface area (Å²) < 4.78 is 2.26. The molecule has 1 aromatic heterocycles. The van der Waals surface area contributed by atoms with E-state index in [9.17, 15) is 9.59 Å². The third-order valence-electron chi connectivity index (χ3n) is 2.83. The lowest BCUT2D eigenvalue weighted by molar-refractivity contribution is -0.121. The number of carbonyl (C=O) groups is 1. The lowest BCUT2D eigenvalue weighted by Gasteiger charge is -2.07. The predicted octanol–water partition coefficient (Wildman–Crippen LogP) is 1.05. The lowest BCUT2D eigenvalue weighted by Crippen LogP contribution is -2.31. The number of nitrogens with zero attached hydrogens (tertiary/aromatic N) is 2. The summed E-state index contributed by atoms with van der Waals surface area (Å²) in [7, 11) is 0. The Kier molecular flexibility index (Phi) is 6.80. The molecule has 2 aromatic rings. The van der Waals surface area contributed by atoms with Crippen molar-refractivity contribution >= 4 is 45.1 Å². The first-order chi connectivity index (χ1) is 9.61. The number of aromatic nitrogens is 2. The molecule has 0 atom stereocenters. The van der Waals surface area contributed by atoms with Gasteiger partial charge in [0.25, 0.3) is 5.56 Å². The Labute approximate surface area is 136 Å². The van der Waals surface area contributed by atoms with Gasteiger partial charge in [0.1, 0.15) is 0 Å². The number of benzene rings is 1. The Morgan fingerprint density at radius 3 is 2.90 bits per heavy atom. The molecule has 21 heavy (non-hydrogen) atoms. The molecular formula is C13H16BrClN4O2. The molecule has 1 aromatic carbocycles. The fraction of sp³-hybridized carbons (Fsp3) is 0.308. The van der Waals surface area contributed by atoms with Crippen molar-refractivity contribution in [1.82, 2.24) is 14.9 Å². The second-order valence-electron chi connectivity index (χ2n) is 4.29. The van der Waals surface area contributed by atoms with Crippen LogP contribution in [0.4, 0.5) is 0 Å². The average molecular weight is 376 g/mol.